The van der Waals surface area contributed by atoms with E-state index in [0.29, 0.717) is 17.6 Å². The normalized spacial score (nSPS) is 11.5. The Hall–Kier alpha value is -3.29. The standard InChI is InChI=1S/C24H24F3NO4/c1-31-21-14-22(24(25,26)27)28-20-11-10-17(13-19(20)21)15-32-18-8-5-7-16(12-18)6-3-2-4-9-23(29)30/h5,7-8,10-14H,2-4,6,9,15H2,1H3,(H,29,30). The summed E-state index contributed by atoms with van der Waals surface area (Å²) in [5, 5.41) is 9.16. The van der Waals surface area contributed by atoms with Crippen molar-refractivity contribution < 1.29 is 32.5 Å². The van der Waals surface area contributed by atoms with Gasteiger partial charge in [0.2, 0.25) is 0 Å². The highest BCUT2D eigenvalue weighted by atomic mass is 19.4. The van der Waals surface area contributed by atoms with Gasteiger partial charge >= 0.3 is 12.1 Å². The highest BCUT2D eigenvalue weighted by Gasteiger charge is 2.33. The van der Waals surface area contributed by atoms with Gasteiger partial charge in [-0.05, 0) is 54.7 Å². The van der Waals surface area contributed by atoms with E-state index in [4.69, 9.17) is 14.6 Å². The van der Waals surface area contributed by atoms with Crippen LogP contribution in [0, 0.1) is 0 Å². The second kappa shape index (κ2) is 10.3. The van der Waals surface area contributed by atoms with Gasteiger partial charge in [-0.25, -0.2) is 4.98 Å². The third-order valence-corrected chi connectivity index (χ3v) is 5.01. The average molecular weight is 447 g/mol. The zero-order valence-electron chi connectivity index (χ0n) is 17.6. The van der Waals surface area contributed by atoms with Crippen LogP contribution in [0.1, 0.15) is 42.5 Å². The Morgan fingerprint density at radius 1 is 1.03 bits per heavy atom. The highest BCUT2D eigenvalue weighted by molar-refractivity contribution is 5.86. The van der Waals surface area contributed by atoms with Gasteiger partial charge in [0.15, 0.2) is 0 Å². The summed E-state index contributed by atoms with van der Waals surface area (Å²) in [4.78, 5) is 14.3. The third-order valence-electron chi connectivity index (χ3n) is 5.01. The smallest absolute Gasteiger partial charge is 0.433 e. The van der Waals surface area contributed by atoms with E-state index in [0.717, 1.165) is 36.5 Å². The summed E-state index contributed by atoms with van der Waals surface area (Å²) in [5.41, 5.74) is 1.08. The first-order valence-corrected chi connectivity index (χ1v) is 10.2. The summed E-state index contributed by atoms with van der Waals surface area (Å²) in [6.45, 7) is 0.238. The average Bonchev–Trinajstić information content (AvgIpc) is 2.76. The van der Waals surface area contributed by atoms with Gasteiger partial charge in [-0.15, -0.1) is 0 Å². The van der Waals surface area contributed by atoms with E-state index in [1.165, 1.54) is 13.2 Å². The Labute approximate surface area is 183 Å². The number of nitrogens with zero attached hydrogens (tertiary/aromatic N) is 1. The van der Waals surface area contributed by atoms with E-state index >= 15 is 0 Å². The first-order valence-electron chi connectivity index (χ1n) is 10.2. The molecule has 3 rings (SSSR count). The topological polar surface area (TPSA) is 68.7 Å². The largest absolute Gasteiger partial charge is 0.496 e. The molecule has 0 atom stereocenters. The molecule has 0 unspecified atom stereocenters. The lowest BCUT2D eigenvalue weighted by atomic mass is 10.1. The number of hydrogen-bond donors (Lipinski definition) is 1. The Kier molecular flexibility index (Phi) is 7.56. The summed E-state index contributed by atoms with van der Waals surface area (Å²) < 4.78 is 50.1. The van der Waals surface area contributed by atoms with Crippen molar-refractivity contribution in [2.75, 3.05) is 7.11 Å². The first-order chi connectivity index (χ1) is 15.3. The van der Waals surface area contributed by atoms with Crippen LogP contribution in [-0.4, -0.2) is 23.2 Å². The fourth-order valence-corrected chi connectivity index (χ4v) is 3.39. The van der Waals surface area contributed by atoms with Crippen LogP contribution in [-0.2, 0) is 24.0 Å². The minimum absolute atomic E-state index is 0.106. The van der Waals surface area contributed by atoms with Gasteiger partial charge in [-0.2, -0.15) is 13.2 Å². The predicted molar refractivity (Wildman–Crippen MR) is 114 cm³/mol. The van der Waals surface area contributed by atoms with Crippen molar-refractivity contribution in [2.45, 2.75) is 44.9 Å². The van der Waals surface area contributed by atoms with Crippen LogP contribution >= 0.6 is 0 Å². The molecule has 0 aliphatic heterocycles. The van der Waals surface area contributed by atoms with Crippen LogP contribution in [0.25, 0.3) is 10.9 Å². The molecular weight excluding hydrogens is 423 g/mol. The van der Waals surface area contributed by atoms with E-state index in [-0.39, 0.29) is 24.3 Å². The number of aromatic nitrogens is 1. The first kappa shape index (κ1) is 23.4. The molecule has 0 spiro atoms. The van der Waals surface area contributed by atoms with Crippen molar-refractivity contribution in [3.8, 4) is 11.5 Å². The maximum atomic E-state index is 13.0. The number of carboxylic acid groups (broad SMARTS) is 1. The Balaban J connectivity index is 1.65. The van der Waals surface area contributed by atoms with Gasteiger partial charge in [0.1, 0.15) is 23.8 Å². The number of pyridine rings is 1. The lowest BCUT2D eigenvalue weighted by molar-refractivity contribution is -0.141. The molecule has 170 valence electrons. The monoisotopic (exact) mass is 447 g/mol. The van der Waals surface area contributed by atoms with Gasteiger partial charge in [0.05, 0.1) is 12.6 Å². The van der Waals surface area contributed by atoms with Crippen molar-refractivity contribution in [2.24, 2.45) is 0 Å². The molecule has 5 nitrogen and oxygen atoms in total. The third kappa shape index (κ3) is 6.35. The lowest BCUT2D eigenvalue weighted by Gasteiger charge is -2.13. The number of methoxy groups -OCH3 is 1. The summed E-state index contributed by atoms with van der Waals surface area (Å²) in [6.07, 6.45) is -1.13. The molecule has 1 aromatic heterocycles. The highest BCUT2D eigenvalue weighted by Crippen LogP contribution is 2.34. The molecule has 3 aromatic rings. The number of alkyl halides is 3. The second-order valence-corrected chi connectivity index (χ2v) is 7.45. The summed E-state index contributed by atoms with van der Waals surface area (Å²) in [7, 11) is 1.32. The molecule has 8 heteroatoms. The molecular formula is C24H24F3NO4. The molecule has 2 aromatic carbocycles. The van der Waals surface area contributed by atoms with Crippen LogP contribution in [0.5, 0.6) is 11.5 Å². The zero-order chi connectivity index (χ0) is 23.1. The van der Waals surface area contributed by atoms with E-state index in [1.54, 1.807) is 12.1 Å². The van der Waals surface area contributed by atoms with Crippen LogP contribution in [0.15, 0.2) is 48.5 Å². The zero-order valence-corrected chi connectivity index (χ0v) is 17.6. The predicted octanol–water partition coefficient (Wildman–Crippen LogP) is 6.03. The van der Waals surface area contributed by atoms with E-state index in [9.17, 15) is 18.0 Å². The van der Waals surface area contributed by atoms with Gasteiger partial charge in [-0.1, -0.05) is 24.6 Å². The second-order valence-electron chi connectivity index (χ2n) is 7.45. The number of rotatable bonds is 10. The number of benzene rings is 2. The van der Waals surface area contributed by atoms with Crippen molar-refractivity contribution in [1.82, 2.24) is 4.98 Å². The Morgan fingerprint density at radius 3 is 2.56 bits per heavy atom. The van der Waals surface area contributed by atoms with Crippen LogP contribution in [0.2, 0.25) is 0 Å². The maximum absolute atomic E-state index is 13.0. The quantitative estimate of drug-likeness (QED) is 0.385. The fourth-order valence-electron chi connectivity index (χ4n) is 3.39. The number of carbonyl (C=O) groups is 1. The number of carboxylic acids is 1. The van der Waals surface area contributed by atoms with Crippen LogP contribution in [0.3, 0.4) is 0 Å². The van der Waals surface area contributed by atoms with Crippen LogP contribution < -0.4 is 9.47 Å². The molecule has 0 radical (unpaired) electrons. The van der Waals surface area contributed by atoms with E-state index in [2.05, 4.69) is 4.98 Å². The summed E-state index contributed by atoms with van der Waals surface area (Å²) in [6, 6.07) is 13.5. The van der Waals surface area contributed by atoms with E-state index < -0.39 is 17.8 Å². The molecule has 1 N–H and O–H groups in total. The minimum Gasteiger partial charge on any atom is -0.496 e. The lowest BCUT2D eigenvalue weighted by Crippen LogP contribution is -2.08. The summed E-state index contributed by atoms with van der Waals surface area (Å²) >= 11 is 0. The molecule has 0 saturated heterocycles. The maximum Gasteiger partial charge on any atom is 0.433 e. The van der Waals surface area contributed by atoms with Crippen molar-refractivity contribution in [3.63, 3.8) is 0 Å². The molecule has 0 amide bonds. The molecule has 0 bridgehead atoms. The fraction of sp³-hybridized carbons (Fsp3) is 0.333. The number of unbranched alkanes of at least 4 members (excludes halogenated alkanes) is 2. The molecule has 0 saturated carbocycles. The number of fused-ring (bicyclic) bond motifs is 1. The number of ether oxygens (including phenoxy) is 2. The van der Waals surface area contributed by atoms with Gasteiger partial charge in [0.25, 0.3) is 0 Å². The number of aryl methyl sites for hydroxylation is 1. The molecule has 0 aliphatic carbocycles. The molecule has 0 aliphatic rings. The summed E-state index contributed by atoms with van der Waals surface area (Å²) in [5.74, 6) is 0.0167. The van der Waals surface area contributed by atoms with Gasteiger partial charge < -0.3 is 14.6 Å². The Bertz CT molecular complexity index is 1080. The van der Waals surface area contributed by atoms with Gasteiger partial charge in [0, 0.05) is 17.9 Å². The van der Waals surface area contributed by atoms with Gasteiger partial charge in [-0.3, -0.25) is 4.79 Å². The minimum atomic E-state index is -4.55. The molecule has 0 fully saturated rings. The Morgan fingerprint density at radius 2 is 1.84 bits per heavy atom. The molecule has 32 heavy (non-hydrogen) atoms. The van der Waals surface area contributed by atoms with Crippen LogP contribution in [0.4, 0.5) is 13.2 Å². The van der Waals surface area contributed by atoms with E-state index in [1.807, 2.05) is 24.3 Å². The van der Waals surface area contributed by atoms with Crippen molar-refractivity contribution >= 4 is 16.9 Å². The number of aliphatic carboxylic acids is 1. The van der Waals surface area contributed by atoms with Crippen molar-refractivity contribution in [1.29, 1.82) is 0 Å². The molecule has 1 heterocycles. The van der Waals surface area contributed by atoms with Crippen molar-refractivity contribution in [3.05, 3.63) is 65.4 Å². The number of halogens is 3. The number of hydrogen-bond acceptors (Lipinski definition) is 4. The SMILES string of the molecule is COc1cc(C(F)(F)F)nc2ccc(COc3cccc(CCCCCC(=O)O)c3)cc12.